The van der Waals surface area contributed by atoms with E-state index in [0.717, 1.165) is 35.2 Å². The Bertz CT molecular complexity index is 395. The van der Waals surface area contributed by atoms with E-state index >= 15 is 0 Å². The normalized spacial score (nSPS) is 21.9. The molecule has 2 atom stereocenters. The third-order valence-corrected chi connectivity index (χ3v) is 3.80. The van der Waals surface area contributed by atoms with Gasteiger partial charge < -0.3 is 10.0 Å². The minimum Gasteiger partial charge on any atom is -0.393 e. The smallest absolute Gasteiger partial charge is 0.143 e. The molecule has 0 spiro atoms. The van der Waals surface area contributed by atoms with Crippen molar-refractivity contribution in [2.45, 2.75) is 45.3 Å². The van der Waals surface area contributed by atoms with E-state index in [1.165, 1.54) is 6.42 Å². The molecule has 0 saturated carbocycles. The molecular formula is C13H19BrN2O. The van der Waals surface area contributed by atoms with Gasteiger partial charge in [-0.2, -0.15) is 0 Å². The Labute approximate surface area is 111 Å². The summed E-state index contributed by atoms with van der Waals surface area (Å²) in [7, 11) is 0. The molecule has 2 heterocycles. The highest BCUT2D eigenvalue weighted by molar-refractivity contribution is 9.10. The number of pyridine rings is 1. The second-order valence-electron chi connectivity index (χ2n) is 4.89. The average Bonchev–Trinajstić information content (AvgIpc) is 2.65. The fourth-order valence-electron chi connectivity index (χ4n) is 2.49. The number of hydrogen-bond donors (Lipinski definition) is 1. The standard InChI is InChI=1S/C13H19BrN2O/c1-9-6-12(14)13(15-8-9)16-5-3-4-11(16)7-10(2)17/h6,8,10-11,17H,3-5,7H2,1-2H3/t10-,11+/m0/s1. The van der Waals surface area contributed by atoms with Crippen LogP contribution in [0.3, 0.4) is 0 Å². The van der Waals surface area contributed by atoms with Crippen LogP contribution in [0, 0.1) is 6.92 Å². The maximum absolute atomic E-state index is 9.53. The Hall–Kier alpha value is -0.610. The molecule has 1 aromatic rings. The third kappa shape index (κ3) is 2.99. The number of aliphatic hydroxyl groups is 1. The molecule has 0 bridgehead atoms. The van der Waals surface area contributed by atoms with Crippen molar-refractivity contribution in [1.29, 1.82) is 0 Å². The topological polar surface area (TPSA) is 36.4 Å². The molecular weight excluding hydrogens is 280 g/mol. The lowest BCUT2D eigenvalue weighted by Gasteiger charge is -2.27. The van der Waals surface area contributed by atoms with E-state index in [9.17, 15) is 5.11 Å². The minimum atomic E-state index is -0.246. The Kier molecular flexibility index (Phi) is 4.05. The van der Waals surface area contributed by atoms with E-state index < -0.39 is 0 Å². The summed E-state index contributed by atoms with van der Waals surface area (Å²) in [4.78, 5) is 6.83. The molecule has 0 aliphatic carbocycles. The molecule has 1 saturated heterocycles. The maximum atomic E-state index is 9.53. The molecule has 94 valence electrons. The van der Waals surface area contributed by atoms with E-state index in [-0.39, 0.29) is 6.10 Å². The number of rotatable bonds is 3. The van der Waals surface area contributed by atoms with Crippen LogP contribution in [0.5, 0.6) is 0 Å². The highest BCUT2D eigenvalue weighted by atomic mass is 79.9. The van der Waals surface area contributed by atoms with Gasteiger partial charge in [0.25, 0.3) is 0 Å². The number of aliphatic hydroxyl groups excluding tert-OH is 1. The minimum absolute atomic E-state index is 0.246. The molecule has 0 aromatic carbocycles. The van der Waals surface area contributed by atoms with Crippen LogP contribution in [0.1, 0.15) is 31.7 Å². The van der Waals surface area contributed by atoms with Crippen molar-refractivity contribution in [2.24, 2.45) is 0 Å². The van der Waals surface area contributed by atoms with Gasteiger partial charge in [0.1, 0.15) is 5.82 Å². The van der Waals surface area contributed by atoms with Gasteiger partial charge in [-0.05, 0) is 60.7 Å². The van der Waals surface area contributed by atoms with Gasteiger partial charge in [0.05, 0.1) is 10.6 Å². The Morgan fingerprint density at radius 1 is 1.65 bits per heavy atom. The number of hydrogen-bond acceptors (Lipinski definition) is 3. The van der Waals surface area contributed by atoms with Crippen molar-refractivity contribution < 1.29 is 5.11 Å². The first-order chi connectivity index (χ1) is 8.08. The Morgan fingerprint density at radius 2 is 2.41 bits per heavy atom. The largest absolute Gasteiger partial charge is 0.393 e. The fraction of sp³-hybridized carbons (Fsp3) is 0.615. The highest BCUT2D eigenvalue weighted by Gasteiger charge is 2.27. The Balaban J connectivity index is 2.20. The predicted molar refractivity (Wildman–Crippen MR) is 73.3 cm³/mol. The van der Waals surface area contributed by atoms with Crippen LogP contribution in [-0.2, 0) is 0 Å². The number of halogens is 1. The van der Waals surface area contributed by atoms with Crippen LogP contribution in [0.15, 0.2) is 16.7 Å². The highest BCUT2D eigenvalue weighted by Crippen LogP contribution is 2.32. The lowest BCUT2D eigenvalue weighted by Crippen LogP contribution is -2.32. The first-order valence-electron chi connectivity index (χ1n) is 6.15. The maximum Gasteiger partial charge on any atom is 0.143 e. The summed E-state index contributed by atoms with van der Waals surface area (Å²) in [6.45, 7) is 4.93. The number of anilines is 1. The summed E-state index contributed by atoms with van der Waals surface area (Å²) in [5.41, 5.74) is 1.16. The number of aromatic nitrogens is 1. The van der Waals surface area contributed by atoms with Gasteiger partial charge in [-0.15, -0.1) is 0 Å². The van der Waals surface area contributed by atoms with Crippen molar-refractivity contribution in [2.75, 3.05) is 11.4 Å². The van der Waals surface area contributed by atoms with Crippen molar-refractivity contribution in [3.8, 4) is 0 Å². The van der Waals surface area contributed by atoms with Gasteiger partial charge >= 0.3 is 0 Å². The fourth-order valence-corrected chi connectivity index (χ4v) is 3.18. The molecule has 1 aliphatic rings. The quantitative estimate of drug-likeness (QED) is 0.932. The zero-order valence-electron chi connectivity index (χ0n) is 10.4. The van der Waals surface area contributed by atoms with Crippen LogP contribution in [0.4, 0.5) is 5.82 Å². The summed E-state index contributed by atoms with van der Waals surface area (Å²) in [5, 5.41) is 9.53. The van der Waals surface area contributed by atoms with Crippen LogP contribution >= 0.6 is 15.9 Å². The van der Waals surface area contributed by atoms with E-state index in [1.807, 2.05) is 20.0 Å². The van der Waals surface area contributed by atoms with E-state index in [2.05, 4.69) is 31.9 Å². The SMILES string of the molecule is Cc1cnc(N2CCC[C@@H]2C[C@H](C)O)c(Br)c1. The first-order valence-corrected chi connectivity index (χ1v) is 6.94. The molecule has 4 heteroatoms. The molecule has 0 amide bonds. The van der Waals surface area contributed by atoms with Crippen molar-refractivity contribution in [3.05, 3.63) is 22.3 Å². The molecule has 2 rings (SSSR count). The molecule has 3 nitrogen and oxygen atoms in total. The molecule has 1 N–H and O–H groups in total. The number of aryl methyl sites for hydroxylation is 1. The summed E-state index contributed by atoms with van der Waals surface area (Å²) in [5.74, 6) is 1.01. The van der Waals surface area contributed by atoms with Gasteiger partial charge in [0.2, 0.25) is 0 Å². The van der Waals surface area contributed by atoms with Crippen molar-refractivity contribution in [1.82, 2.24) is 4.98 Å². The summed E-state index contributed by atoms with van der Waals surface area (Å²) in [6, 6.07) is 2.52. The van der Waals surface area contributed by atoms with E-state index in [1.54, 1.807) is 0 Å². The Morgan fingerprint density at radius 3 is 3.06 bits per heavy atom. The summed E-state index contributed by atoms with van der Waals surface area (Å²) >= 11 is 3.58. The van der Waals surface area contributed by atoms with Gasteiger partial charge in [0, 0.05) is 18.8 Å². The summed E-state index contributed by atoms with van der Waals surface area (Å²) < 4.78 is 1.05. The molecule has 0 radical (unpaired) electrons. The third-order valence-electron chi connectivity index (χ3n) is 3.22. The molecule has 0 unspecified atom stereocenters. The second-order valence-corrected chi connectivity index (χ2v) is 5.75. The van der Waals surface area contributed by atoms with Gasteiger partial charge in [0.15, 0.2) is 0 Å². The van der Waals surface area contributed by atoms with Crippen LogP contribution in [-0.4, -0.2) is 28.8 Å². The van der Waals surface area contributed by atoms with E-state index in [4.69, 9.17) is 0 Å². The zero-order chi connectivity index (χ0) is 12.4. The lowest BCUT2D eigenvalue weighted by atomic mass is 10.1. The first kappa shape index (κ1) is 12.8. The number of nitrogens with zero attached hydrogens (tertiary/aromatic N) is 2. The van der Waals surface area contributed by atoms with Crippen LogP contribution in [0.25, 0.3) is 0 Å². The monoisotopic (exact) mass is 298 g/mol. The zero-order valence-corrected chi connectivity index (χ0v) is 11.9. The van der Waals surface area contributed by atoms with Gasteiger partial charge in [-0.3, -0.25) is 0 Å². The van der Waals surface area contributed by atoms with Gasteiger partial charge in [-0.1, -0.05) is 0 Å². The van der Waals surface area contributed by atoms with Gasteiger partial charge in [-0.25, -0.2) is 4.98 Å². The molecule has 1 aromatic heterocycles. The molecule has 1 fully saturated rings. The molecule has 1 aliphatic heterocycles. The molecule has 17 heavy (non-hydrogen) atoms. The lowest BCUT2D eigenvalue weighted by molar-refractivity contribution is 0.175. The van der Waals surface area contributed by atoms with Crippen molar-refractivity contribution >= 4 is 21.7 Å². The van der Waals surface area contributed by atoms with Crippen LogP contribution in [0.2, 0.25) is 0 Å². The van der Waals surface area contributed by atoms with Crippen LogP contribution < -0.4 is 4.90 Å². The van der Waals surface area contributed by atoms with Crippen molar-refractivity contribution in [3.63, 3.8) is 0 Å². The predicted octanol–water partition coefficient (Wildman–Crippen LogP) is 2.89. The average molecular weight is 299 g/mol. The summed E-state index contributed by atoms with van der Waals surface area (Å²) in [6.07, 6.45) is 4.80. The second kappa shape index (κ2) is 5.36. The van der Waals surface area contributed by atoms with E-state index in [0.29, 0.717) is 6.04 Å².